The van der Waals surface area contributed by atoms with E-state index in [1.54, 1.807) is 4.90 Å². The van der Waals surface area contributed by atoms with Gasteiger partial charge in [-0.25, -0.2) is 0 Å². The summed E-state index contributed by atoms with van der Waals surface area (Å²) >= 11 is 1.52. The molecule has 0 fully saturated rings. The molecular weight excluding hydrogens is 250 g/mol. The smallest absolute Gasteiger partial charge is 0.263 e. The van der Waals surface area contributed by atoms with E-state index >= 15 is 0 Å². The fourth-order valence-electron chi connectivity index (χ4n) is 1.54. The van der Waals surface area contributed by atoms with Gasteiger partial charge in [-0.15, -0.1) is 11.3 Å². The van der Waals surface area contributed by atoms with Gasteiger partial charge in [0.15, 0.2) is 0 Å². The molecule has 0 aliphatic rings. The minimum atomic E-state index is 0.00735. The maximum absolute atomic E-state index is 12.2. The minimum Gasteiger partial charge on any atom is -0.409 e. The molecule has 1 rings (SSSR count). The zero-order chi connectivity index (χ0) is 13.5. The number of amidine groups is 1. The van der Waals surface area contributed by atoms with E-state index in [0.29, 0.717) is 19.5 Å². The molecular formula is C12H19N3O2S. The molecule has 100 valence electrons. The van der Waals surface area contributed by atoms with Crippen LogP contribution in [-0.4, -0.2) is 34.9 Å². The molecule has 5 nitrogen and oxygen atoms in total. The molecule has 1 amide bonds. The molecule has 0 saturated heterocycles. The van der Waals surface area contributed by atoms with Crippen molar-refractivity contribution in [3.8, 4) is 0 Å². The van der Waals surface area contributed by atoms with Crippen molar-refractivity contribution in [3.05, 3.63) is 21.9 Å². The molecule has 1 aromatic rings. The maximum Gasteiger partial charge on any atom is 0.263 e. The van der Waals surface area contributed by atoms with Gasteiger partial charge < -0.3 is 15.8 Å². The van der Waals surface area contributed by atoms with Gasteiger partial charge in [0.25, 0.3) is 5.91 Å². The highest BCUT2D eigenvalue weighted by molar-refractivity contribution is 7.14. The Hall–Kier alpha value is -1.56. The lowest BCUT2D eigenvalue weighted by molar-refractivity contribution is 0.0773. The molecule has 0 aliphatic carbocycles. The maximum atomic E-state index is 12.2. The number of carbonyl (C=O) groups is 1. The SMILES string of the molecule is CCc1ccc(C(=O)N(CC)CCC(N)=NO)s1. The van der Waals surface area contributed by atoms with Crippen molar-refractivity contribution >= 4 is 23.1 Å². The van der Waals surface area contributed by atoms with Crippen LogP contribution < -0.4 is 5.73 Å². The highest BCUT2D eigenvalue weighted by atomic mass is 32.1. The van der Waals surface area contributed by atoms with Gasteiger partial charge in [-0.2, -0.15) is 0 Å². The summed E-state index contributed by atoms with van der Waals surface area (Å²) in [4.78, 5) is 15.8. The van der Waals surface area contributed by atoms with Gasteiger partial charge in [0, 0.05) is 24.4 Å². The molecule has 0 aliphatic heterocycles. The highest BCUT2D eigenvalue weighted by Gasteiger charge is 2.16. The number of nitrogens with zero attached hydrogens (tertiary/aromatic N) is 2. The average molecular weight is 269 g/mol. The number of nitrogens with two attached hydrogens (primary N) is 1. The predicted molar refractivity (Wildman–Crippen MR) is 73.3 cm³/mol. The molecule has 1 aromatic heterocycles. The van der Waals surface area contributed by atoms with Crippen LogP contribution in [0.1, 0.15) is 34.8 Å². The van der Waals surface area contributed by atoms with Gasteiger partial charge in [0.1, 0.15) is 5.84 Å². The van der Waals surface area contributed by atoms with E-state index in [-0.39, 0.29) is 11.7 Å². The highest BCUT2D eigenvalue weighted by Crippen LogP contribution is 2.18. The first-order valence-corrected chi connectivity index (χ1v) is 6.78. The van der Waals surface area contributed by atoms with Crippen LogP contribution in [0.2, 0.25) is 0 Å². The molecule has 1 heterocycles. The van der Waals surface area contributed by atoms with Crippen molar-refractivity contribution in [2.24, 2.45) is 10.9 Å². The number of thiophene rings is 1. The van der Waals surface area contributed by atoms with E-state index in [1.165, 1.54) is 16.2 Å². The van der Waals surface area contributed by atoms with Crippen LogP contribution >= 0.6 is 11.3 Å². The summed E-state index contributed by atoms with van der Waals surface area (Å²) in [6.45, 7) is 5.05. The normalized spacial score (nSPS) is 11.6. The van der Waals surface area contributed by atoms with E-state index in [0.717, 1.165) is 11.3 Å². The Labute approximate surface area is 111 Å². The molecule has 6 heteroatoms. The Morgan fingerprint density at radius 1 is 1.50 bits per heavy atom. The first kappa shape index (κ1) is 14.5. The van der Waals surface area contributed by atoms with E-state index in [4.69, 9.17) is 10.9 Å². The second kappa shape index (κ2) is 7.00. The van der Waals surface area contributed by atoms with Crippen LogP contribution in [0, 0.1) is 0 Å². The molecule has 0 aromatic carbocycles. The Balaban J connectivity index is 2.67. The van der Waals surface area contributed by atoms with Crippen LogP contribution in [0.15, 0.2) is 17.3 Å². The molecule has 0 bridgehead atoms. The summed E-state index contributed by atoms with van der Waals surface area (Å²) in [5.74, 6) is 0.148. The lowest BCUT2D eigenvalue weighted by Crippen LogP contribution is -2.33. The van der Waals surface area contributed by atoms with Gasteiger partial charge in [-0.1, -0.05) is 12.1 Å². The van der Waals surface area contributed by atoms with E-state index in [1.807, 2.05) is 19.1 Å². The van der Waals surface area contributed by atoms with Gasteiger partial charge >= 0.3 is 0 Å². The Morgan fingerprint density at radius 3 is 2.72 bits per heavy atom. The third-order valence-electron chi connectivity index (χ3n) is 2.66. The average Bonchev–Trinajstić information content (AvgIpc) is 2.87. The summed E-state index contributed by atoms with van der Waals surface area (Å²) in [6, 6.07) is 3.84. The minimum absolute atomic E-state index is 0.00735. The molecule has 3 N–H and O–H groups in total. The lowest BCUT2D eigenvalue weighted by Gasteiger charge is -2.19. The predicted octanol–water partition coefficient (Wildman–Crippen LogP) is 1.91. The fraction of sp³-hybridized carbons (Fsp3) is 0.500. The van der Waals surface area contributed by atoms with Gasteiger partial charge in [0.2, 0.25) is 0 Å². The molecule has 0 unspecified atom stereocenters. The van der Waals surface area contributed by atoms with Crippen molar-refractivity contribution in [3.63, 3.8) is 0 Å². The summed E-state index contributed by atoms with van der Waals surface area (Å²) in [5, 5.41) is 11.4. The summed E-state index contributed by atoms with van der Waals surface area (Å²) in [5.41, 5.74) is 5.41. The first-order valence-electron chi connectivity index (χ1n) is 5.96. The van der Waals surface area contributed by atoms with Crippen LogP contribution in [0.4, 0.5) is 0 Å². The lowest BCUT2D eigenvalue weighted by atomic mass is 10.3. The van der Waals surface area contributed by atoms with Crippen LogP contribution in [0.3, 0.4) is 0 Å². The van der Waals surface area contributed by atoms with Crippen molar-refractivity contribution in [2.75, 3.05) is 13.1 Å². The van der Waals surface area contributed by atoms with Crippen molar-refractivity contribution in [1.29, 1.82) is 0 Å². The number of hydrogen-bond acceptors (Lipinski definition) is 4. The first-order chi connectivity index (χ1) is 8.62. The van der Waals surface area contributed by atoms with Crippen molar-refractivity contribution < 1.29 is 10.0 Å². The second-order valence-corrected chi connectivity index (χ2v) is 5.01. The van der Waals surface area contributed by atoms with E-state index in [2.05, 4.69) is 12.1 Å². The van der Waals surface area contributed by atoms with Gasteiger partial charge in [-0.3, -0.25) is 4.79 Å². The molecule has 0 saturated carbocycles. The Bertz CT molecular complexity index is 429. The standard InChI is InChI=1S/C12H19N3O2S/c1-3-9-5-6-10(18-9)12(16)15(4-2)8-7-11(13)14-17/h5-6,17H,3-4,7-8H2,1-2H3,(H2,13,14). The number of aryl methyl sites for hydroxylation is 1. The van der Waals surface area contributed by atoms with Crippen molar-refractivity contribution in [2.45, 2.75) is 26.7 Å². The summed E-state index contributed by atoms with van der Waals surface area (Å²) in [6.07, 6.45) is 1.32. The number of oxime groups is 1. The molecule has 0 atom stereocenters. The van der Waals surface area contributed by atoms with Crippen LogP contribution in [0.25, 0.3) is 0 Å². The number of rotatable bonds is 6. The third-order valence-corrected chi connectivity index (χ3v) is 3.87. The fourth-order valence-corrected chi connectivity index (χ4v) is 2.46. The Kier molecular flexibility index (Phi) is 5.64. The largest absolute Gasteiger partial charge is 0.409 e. The van der Waals surface area contributed by atoms with Crippen molar-refractivity contribution in [1.82, 2.24) is 4.90 Å². The quantitative estimate of drug-likeness (QED) is 0.358. The topological polar surface area (TPSA) is 78.9 Å². The zero-order valence-electron chi connectivity index (χ0n) is 10.7. The summed E-state index contributed by atoms with van der Waals surface area (Å²) < 4.78 is 0. The summed E-state index contributed by atoms with van der Waals surface area (Å²) in [7, 11) is 0. The third kappa shape index (κ3) is 3.73. The van der Waals surface area contributed by atoms with Gasteiger partial charge in [0.05, 0.1) is 4.88 Å². The van der Waals surface area contributed by atoms with Gasteiger partial charge in [-0.05, 0) is 25.5 Å². The second-order valence-electron chi connectivity index (χ2n) is 3.85. The number of carbonyl (C=O) groups excluding carboxylic acids is 1. The van der Waals surface area contributed by atoms with Crippen LogP contribution in [0.5, 0.6) is 0 Å². The Morgan fingerprint density at radius 2 is 2.22 bits per heavy atom. The molecule has 18 heavy (non-hydrogen) atoms. The zero-order valence-corrected chi connectivity index (χ0v) is 11.5. The number of amides is 1. The monoisotopic (exact) mass is 269 g/mol. The molecule has 0 spiro atoms. The van der Waals surface area contributed by atoms with Crippen LogP contribution in [-0.2, 0) is 6.42 Å². The molecule has 0 radical (unpaired) electrons. The van der Waals surface area contributed by atoms with E-state index < -0.39 is 0 Å². The van der Waals surface area contributed by atoms with E-state index in [9.17, 15) is 4.79 Å². The number of hydrogen-bond donors (Lipinski definition) is 2.